The molecule has 1 aliphatic heterocycles. The number of carbonyl (C=O) groups is 1. The van der Waals surface area contributed by atoms with Crippen molar-refractivity contribution < 1.29 is 14.3 Å². The van der Waals surface area contributed by atoms with Crippen molar-refractivity contribution in [1.29, 1.82) is 0 Å². The summed E-state index contributed by atoms with van der Waals surface area (Å²) in [6.45, 7) is 11.7. The lowest BCUT2D eigenvalue weighted by Crippen LogP contribution is -2.33. The van der Waals surface area contributed by atoms with Gasteiger partial charge in [0, 0.05) is 23.1 Å². The van der Waals surface area contributed by atoms with E-state index in [4.69, 9.17) is 9.47 Å². The number of rotatable bonds is 5. The molecule has 2 aromatic rings. The number of carbonyl (C=O) groups excluding carboxylic acids is 1. The first-order valence-electron chi connectivity index (χ1n) is 9.66. The van der Waals surface area contributed by atoms with Crippen molar-refractivity contribution >= 4 is 21.8 Å². The van der Waals surface area contributed by atoms with Gasteiger partial charge in [0.25, 0.3) is 5.91 Å². The quantitative estimate of drug-likeness (QED) is 0.696. The van der Waals surface area contributed by atoms with Crippen LogP contribution in [0.1, 0.15) is 50.7 Å². The molecule has 6 heteroatoms. The second-order valence-electron chi connectivity index (χ2n) is 8.70. The molecule has 0 radical (unpaired) electrons. The Morgan fingerprint density at radius 2 is 1.96 bits per heavy atom. The zero-order valence-electron chi connectivity index (χ0n) is 17.5. The Bertz CT molecular complexity index is 894. The van der Waals surface area contributed by atoms with E-state index in [1.54, 1.807) is 7.11 Å². The van der Waals surface area contributed by atoms with Crippen molar-refractivity contribution in [3.63, 3.8) is 0 Å². The van der Waals surface area contributed by atoms with E-state index in [1.807, 2.05) is 26.0 Å². The van der Waals surface area contributed by atoms with E-state index in [0.29, 0.717) is 12.2 Å². The number of ether oxygens (including phenoxy) is 2. The number of benzene rings is 1. The van der Waals surface area contributed by atoms with E-state index < -0.39 is 0 Å². The molecule has 1 N–H and O–H groups in total. The number of fused-ring (bicyclic) bond motifs is 3. The minimum atomic E-state index is -0.0440. The number of aryl methyl sites for hydroxylation is 1. The maximum atomic E-state index is 12.8. The third kappa shape index (κ3) is 4.22. The Kier molecular flexibility index (Phi) is 5.80. The van der Waals surface area contributed by atoms with Crippen molar-refractivity contribution in [3.05, 3.63) is 33.9 Å². The third-order valence-electron chi connectivity index (χ3n) is 4.67. The summed E-state index contributed by atoms with van der Waals surface area (Å²) in [6, 6.07) is 5.99. The van der Waals surface area contributed by atoms with Gasteiger partial charge in [0.05, 0.1) is 18.9 Å². The number of hydrogen-bond donors (Lipinski definition) is 1. The summed E-state index contributed by atoms with van der Waals surface area (Å²) in [5.41, 5.74) is 4.00. The second kappa shape index (κ2) is 7.82. The minimum Gasteiger partial charge on any atom is -0.493 e. The molecule has 0 bridgehead atoms. The maximum absolute atomic E-state index is 12.8. The highest BCUT2D eigenvalue weighted by molar-refractivity contribution is 9.10. The van der Waals surface area contributed by atoms with Gasteiger partial charge >= 0.3 is 0 Å². The normalized spacial score (nSPS) is 13.1. The standard InChI is InChI=1S/C22H29BrN2O3/c1-13(2)28-19-10-15-14(9-18(19)27-6)7-8-25-17(11-16(23)20(15)25)21(26)24-12-22(3,4)5/h9-11,13H,7-8,12H2,1-6H3,(H,24,26). The molecule has 1 aromatic heterocycles. The largest absolute Gasteiger partial charge is 0.493 e. The molecule has 0 fully saturated rings. The Morgan fingerprint density at radius 1 is 1.25 bits per heavy atom. The summed E-state index contributed by atoms with van der Waals surface area (Å²) in [4.78, 5) is 12.8. The Hall–Kier alpha value is -1.95. The van der Waals surface area contributed by atoms with Gasteiger partial charge in [0.2, 0.25) is 0 Å². The molecule has 1 amide bonds. The average Bonchev–Trinajstić information content (AvgIpc) is 2.95. The van der Waals surface area contributed by atoms with Gasteiger partial charge in [-0.3, -0.25) is 4.79 Å². The molecule has 1 aromatic carbocycles. The van der Waals surface area contributed by atoms with Crippen LogP contribution in [0.5, 0.6) is 11.5 Å². The van der Waals surface area contributed by atoms with E-state index in [2.05, 4.69) is 52.7 Å². The van der Waals surface area contributed by atoms with E-state index in [9.17, 15) is 4.79 Å². The maximum Gasteiger partial charge on any atom is 0.267 e. The zero-order valence-corrected chi connectivity index (χ0v) is 19.1. The van der Waals surface area contributed by atoms with Crippen LogP contribution in [0, 0.1) is 5.41 Å². The van der Waals surface area contributed by atoms with E-state index in [-0.39, 0.29) is 17.4 Å². The number of hydrogen-bond acceptors (Lipinski definition) is 3. The van der Waals surface area contributed by atoms with E-state index in [1.165, 1.54) is 5.56 Å². The first-order chi connectivity index (χ1) is 13.1. The van der Waals surface area contributed by atoms with Gasteiger partial charge < -0.3 is 19.4 Å². The molecule has 3 rings (SSSR count). The zero-order chi connectivity index (χ0) is 20.6. The van der Waals surface area contributed by atoms with Crippen LogP contribution >= 0.6 is 15.9 Å². The van der Waals surface area contributed by atoms with Gasteiger partial charge in [-0.25, -0.2) is 0 Å². The fourth-order valence-electron chi connectivity index (χ4n) is 3.41. The molecule has 1 aliphatic rings. The number of aromatic nitrogens is 1. The summed E-state index contributed by atoms with van der Waals surface area (Å²) >= 11 is 3.67. The predicted molar refractivity (Wildman–Crippen MR) is 115 cm³/mol. The highest BCUT2D eigenvalue weighted by Crippen LogP contribution is 2.43. The Balaban J connectivity index is 2.02. The van der Waals surface area contributed by atoms with Crippen LogP contribution in [0.25, 0.3) is 11.3 Å². The van der Waals surface area contributed by atoms with Crippen LogP contribution in [0.15, 0.2) is 22.7 Å². The van der Waals surface area contributed by atoms with Crippen molar-refractivity contribution in [1.82, 2.24) is 9.88 Å². The van der Waals surface area contributed by atoms with Crippen molar-refractivity contribution in [2.45, 2.75) is 53.7 Å². The van der Waals surface area contributed by atoms with Gasteiger partial charge in [-0.2, -0.15) is 0 Å². The number of nitrogens with one attached hydrogen (secondary N) is 1. The van der Waals surface area contributed by atoms with Gasteiger partial charge in [-0.1, -0.05) is 20.8 Å². The SMILES string of the molecule is COc1cc2c(cc1OC(C)C)-c1c(Br)cc(C(=O)NCC(C)(C)C)n1CC2. The van der Waals surface area contributed by atoms with Crippen molar-refractivity contribution in [2.24, 2.45) is 5.41 Å². The van der Waals surface area contributed by atoms with Crippen LogP contribution in [-0.2, 0) is 13.0 Å². The molecular formula is C22H29BrN2O3. The lowest BCUT2D eigenvalue weighted by molar-refractivity contribution is 0.0930. The lowest BCUT2D eigenvalue weighted by atomic mass is 9.97. The molecule has 152 valence electrons. The number of methoxy groups -OCH3 is 1. The monoisotopic (exact) mass is 448 g/mol. The summed E-state index contributed by atoms with van der Waals surface area (Å²) < 4.78 is 14.5. The van der Waals surface area contributed by atoms with Crippen LogP contribution in [-0.4, -0.2) is 30.2 Å². The number of halogens is 1. The molecule has 0 saturated heterocycles. The lowest BCUT2D eigenvalue weighted by Gasteiger charge is -2.24. The number of amides is 1. The summed E-state index contributed by atoms with van der Waals surface area (Å²) in [5, 5.41) is 3.06. The first kappa shape index (κ1) is 20.8. The molecule has 0 spiro atoms. The molecule has 28 heavy (non-hydrogen) atoms. The molecular weight excluding hydrogens is 420 g/mol. The Morgan fingerprint density at radius 3 is 2.57 bits per heavy atom. The van der Waals surface area contributed by atoms with E-state index >= 15 is 0 Å². The molecule has 0 atom stereocenters. The minimum absolute atomic E-state index is 0.0381. The topological polar surface area (TPSA) is 52.5 Å². The van der Waals surface area contributed by atoms with Crippen LogP contribution < -0.4 is 14.8 Å². The predicted octanol–water partition coefficient (Wildman–Crippen LogP) is 5.05. The van der Waals surface area contributed by atoms with Crippen molar-refractivity contribution in [2.75, 3.05) is 13.7 Å². The smallest absolute Gasteiger partial charge is 0.267 e. The van der Waals surface area contributed by atoms with Crippen LogP contribution in [0.3, 0.4) is 0 Å². The molecule has 0 aliphatic carbocycles. The van der Waals surface area contributed by atoms with Gasteiger partial charge in [0.15, 0.2) is 11.5 Å². The Labute approximate surface area is 175 Å². The molecule has 5 nitrogen and oxygen atoms in total. The highest BCUT2D eigenvalue weighted by atomic mass is 79.9. The fourth-order valence-corrected chi connectivity index (χ4v) is 4.06. The van der Waals surface area contributed by atoms with Crippen molar-refractivity contribution in [3.8, 4) is 22.8 Å². The third-order valence-corrected chi connectivity index (χ3v) is 5.28. The summed E-state index contributed by atoms with van der Waals surface area (Å²) in [7, 11) is 1.66. The van der Waals surface area contributed by atoms with E-state index in [0.717, 1.165) is 40.2 Å². The molecule has 0 saturated carbocycles. The summed E-state index contributed by atoms with van der Waals surface area (Å²) in [6.07, 6.45) is 0.880. The molecule has 0 unspecified atom stereocenters. The van der Waals surface area contributed by atoms with Crippen LogP contribution in [0.4, 0.5) is 0 Å². The van der Waals surface area contributed by atoms with Gasteiger partial charge in [-0.15, -0.1) is 0 Å². The summed E-state index contributed by atoms with van der Waals surface area (Å²) in [5.74, 6) is 1.42. The fraction of sp³-hybridized carbons (Fsp3) is 0.500. The van der Waals surface area contributed by atoms with Crippen LogP contribution in [0.2, 0.25) is 0 Å². The second-order valence-corrected chi connectivity index (χ2v) is 9.55. The van der Waals surface area contributed by atoms with Gasteiger partial charge in [0.1, 0.15) is 5.69 Å². The molecule has 2 heterocycles. The van der Waals surface area contributed by atoms with Gasteiger partial charge in [-0.05, 0) is 65.4 Å². The number of nitrogens with zero attached hydrogens (tertiary/aromatic N) is 1. The first-order valence-corrected chi connectivity index (χ1v) is 10.4. The average molecular weight is 449 g/mol. The highest BCUT2D eigenvalue weighted by Gasteiger charge is 2.27.